The van der Waals surface area contributed by atoms with E-state index in [1.807, 2.05) is 0 Å². The third kappa shape index (κ3) is 2.02. The Balaban J connectivity index is 2.39. The second-order valence-electron chi connectivity index (χ2n) is 5.36. The van der Waals surface area contributed by atoms with Crippen molar-refractivity contribution in [2.24, 2.45) is 11.3 Å². The highest BCUT2D eigenvalue weighted by molar-refractivity contribution is 6.25. The van der Waals surface area contributed by atoms with Crippen LogP contribution in [0.5, 0.6) is 0 Å². The molecule has 0 aromatic rings. The van der Waals surface area contributed by atoms with Gasteiger partial charge < -0.3 is 0 Å². The summed E-state index contributed by atoms with van der Waals surface area (Å²) in [7, 11) is 6.09. The van der Waals surface area contributed by atoms with Gasteiger partial charge in [0.2, 0.25) is 0 Å². The van der Waals surface area contributed by atoms with E-state index in [0.717, 1.165) is 11.9 Å². The summed E-state index contributed by atoms with van der Waals surface area (Å²) in [5.74, 6) is 0.495. The normalized spacial score (nSPS) is 25.3. The molecular weight excluding hydrogens is 179 g/mol. The van der Waals surface area contributed by atoms with Gasteiger partial charge in [-0.2, -0.15) is 0 Å². The highest BCUT2D eigenvalue weighted by Gasteiger charge is 2.24. The SMILES string of the molecule is [B]C1=CC(C(C)(C)C)=CC2CC=CC=C12. The van der Waals surface area contributed by atoms with Crippen molar-refractivity contribution in [1.29, 1.82) is 0 Å². The second kappa shape index (κ2) is 3.55. The van der Waals surface area contributed by atoms with Crippen LogP contribution in [0.1, 0.15) is 27.2 Å². The van der Waals surface area contributed by atoms with Crippen molar-refractivity contribution in [1.82, 2.24) is 0 Å². The van der Waals surface area contributed by atoms with Gasteiger partial charge in [-0.3, -0.25) is 0 Å². The summed E-state index contributed by atoms with van der Waals surface area (Å²) < 4.78 is 0. The lowest BCUT2D eigenvalue weighted by Crippen LogP contribution is -2.17. The lowest BCUT2D eigenvalue weighted by atomic mass is 9.69. The molecule has 0 nitrogen and oxygen atoms in total. The van der Waals surface area contributed by atoms with Gasteiger partial charge in [-0.05, 0) is 23.0 Å². The van der Waals surface area contributed by atoms with E-state index in [1.165, 1.54) is 11.1 Å². The second-order valence-corrected chi connectivity index (χ2v) is 5.36. The summed E-state index contributed by atoms with van der Waals surface area (Å²) in [4.78, 5) is 0. The number of fused-ring (bicyclic) bond motifs is 1. The first kappa shape index (κ1) is 10.5. The number of hydrogen-bond acceptors (Lipinski definition) is 0. The predicted octanol–water partition coefficient (Wildman–Crippen LogP) is 3.53. The first-order chi connectivity index (χ1) is 6.98. The van der Waals surface area contributed by atoms with Gasteiger partial charge >= 0.3 is 0 Å². The molecule has 0 amide bonds. The van der Waals surface area contributed by atoms with Crippen LogP contribution in [0.4, 0.5) is 0 Å². The van der Waals surface area contributed by atoms with Crippen LogP contribution in [0.25, 0.3) is 0 Å². The van der Waals surface area contributed by atoms with Crippen LogP contribution < -0.4 is 0 Å². The van der Waals surface area contributed by atoms with Crippen LogP contribution in [0.3, 0.4) is 0 Å². The molecule has 0 fully saturated rings. The van der Waals surface area contributed by atoms with Crippen LogP contribution in [-0.2, 0) is 0 Å². The van der Waals surface area contributed by atoms with Gasteiger partial charge in [0.1, 0.15) is 7.85 Å². The molecule has 1 atom stereocenters. The van der Waals surface area contributed by atoms with E-state index in [2.05, 4.69) is 51.2 Å². The molecule has 0 aromatic heterocycles. The highest BCUT2D eigenvalue weighted by Crippen LogP contribution is 2.38. The van der Waals surface area contributed by atoms with Crippen molar-refractivity contribution >= 4 is 7.85 Å². The molecule has 0 heterocycles. The lowest BCUT2D eigenvalue weighted by molar-refractivity contribution is 0.507. The average Bonchev–Trinajstić information content (AvgIpc) is 2.16. The Morgan fingerprint density at radius 1 is 1.33 bits per heavy atom. The van der Waals surface area contributed by atoms with Gasteiger partial charge in [0.25, 0.3) is 0 Å². The Hall–Kier alpha value is -0.975. The Morgan fingerprint density at radius 3 is 2.73 bits per heavy atom. The minimum atomic E-state index is 0.192. The molecule has 2 aliphatic carbocycles. The monoisotopic (exact) mass is 196 g/mol. The molecule has 15 heavy (non-hydrogen) atoms. The first-order valence-electron chi connectivity index (χ1n) is 5.55. The quantitative estimate of drug-likeness (QED) is 0.520. The Morgan fingerprint density at radius 2 is 2.07 bits per heavy atom. The van der Waals surface area contributed by atoms with Crippen LogP contribution in [0, 0.1) is 11.3 Å². The predicted molar refractivity (Wildman–Crippen MR) is 66.7 cm³/mol. The van der Waals surface area contributed by atoms with E-state index in [0.29, 0.717) is 5.92 Å². The maximum atomic E-state index is 6.09. The lowest BCUT2D eigenvalue weighted by Gasteiger charge is -2.30. The molecule has 0 aliphatic heterocycles. The van der Waals surface area contributed by atoms with E-state index >= 15 is 0 Å². The minimum absolute atomic E-state index is 0.192. The largest absolute Gasteiger partial charge is 0.114 e. The summed E-state index contributed by atoms with van der Waals surface area (Å²) in [5.41, 5.74) is 3.77. The van der Waals surface area contributed by atoms with E-state index in [9.17, 15) is 0 Å². The smallest absolute Gasteiger partial charge is 0.0927 e. The van der Waals surface area contributed by atoms with Crippen molar-refractivity contribution in [3.63, 3.8) is 0 Å². The summed E-state index contributed by atoms with van der Waals surface area (Å²) in [6.07, 6.45) is 12.0. The van der Waals surface area contributed by atoms with Crippen molar-refractivity contribution in [2.75, 3.05) is 0 Å². The summed E-state index contributed by atoms with van der Waals surface area (Å²) in [6.45, 7) is 6.70. The molecule has 76 valence electrons. The van der Waals surface area contributed by atoms with Crippen molar-refractivity contribution in [3.8, 4) is 0 Å². The fourth-order valence-electron chi connectivity index (χ4n) is 2.10. The fraction of sp³-hybridized carbons (Fsp3) is 0.429. The van der Waals surface area contributed by atoms with Crippen LogP contribution in [0.2, 0.25) is 0 Å². The number of hydrogen-bond donors (Lipinski definition) is 0. The summed E-state index contributed by atoms with van der Waals surface area (Å²) >= 11 is 0. The maximum absolute atomic E-state index is 6.09. The van der Waals surface area contributed by atoms with Gasteiger partial charge in [0.15, 0.2) is 0 Å². The standard InChI is InChI=1S/C14H17B/c1-14(2,3)11-8-10-6-4-5-7-12(10)13(15)9-11/h4-5,7-10H,6H2,1-3H3. The van der Waals surface area contributed by atoms with Gasteiger partial charge in [-0.25, -0.2) is 0 Å². The molecule has 1 unspecified atom stereocenters. The zero-order valence-electron chi connectivity index (χ0n) is 9.75. The van der Waals surface area contributed by atoms with Crippen molar-refractivity contribution in [2.45, 2.75) is 27.2 Å². The van der Waals surface area contributed by atoms with Gasteiger partial charge in [-0.1, -0.05) is 56.6 Å². The molecule has 2 radical (unpaired) electrons. The summed E-state index contributed by atoms with van der Waals surface area (Å²) in [6, 6.07) is 0. The van der Waals surface area contributed by atoms with Crippen LogP contribution in [-0.4, -0.2) is 7.85 Å². The molecule has 2 rings (SSSR count). The molecule has 0 saturated heterocycles. The molecule has 0 saturated carbocycles. The zero-order chi connectivity index (χ0) is 11.1. The van der Waals surface area contributed by atoms with Gasteiger partial charge in [0.05, 0.1) is 0 Å². The fourth-order valence-corrected chi connectivity index (χ4v) is 2.10. The minimum Gasteiger partial charge on any atom is -0.0927 e. The number of rotatable bonds is 0. The summed E-state index contributed by atoms with van der Waals surface area (Å²) in [5, 5.41) is 0. The van der Waals surface area contributed by atoms with Crippen molar-refractivity contribution in [3.05, 3.63) is 47.0 Å². The average molecular weight is 196 g/mol. The Labute approximate surface area is 93.9 Å². The Kier molecular flexibility index (Phi) is 2.50. The molecule has 0 spiro atoms. The van der Waals surface area contributed by atoms with Crippen LogP contribution in [0.15, 0.2) is 47.0 Å². The highest BCUT2D eigenvalue weighted by atomic mass is 14.3. The van der Waals surface area contributed by atoms with Crippen molar-refractivity contribution < 1.29 is 0 Å². The third-order valence-electron chi connectivity index (χ3n) is 3.09. The van der Waals surface area contributed by atoms with Crippen LogP contribution >= 0.6 is 0 Å². The molecule has 0 N–H and O–H groups in total. The molecule has 2 aliphatic rings. The van der Waals surface area contributed by atoms with E-state index in [4.69, 9.17) is 7.85 Å². The maximum Gasteiger partial charge on any atom is 0.114 e. The van der Waals surface area contributed by atoms with E-state index in [1.54, 1.807) is 0 Å². The third-order valence-corrected chi connectivity index (χ3v) is 3.09. The molecule has 0 aromatic carbocycles. The van der Waals surface area contributed by atoms with E-state index in [-0.39, 0.29) is 5.41 Å². The zero-order valence-corrected chi connectivity index (χ0v) is 9.75. The Bertz CT molecular complexity index is 386. The molecule has 1 heteroatoms. The van der Waals surface area contributed by atoms with Gasteiger partial charge in [0, 0.05) is 5.92 Å². The molecular formula is C14H17B. The van der Waals surface area contributed by atoms with E-state index < -0.39 is 0 Å². The number of allylic oxidation sites excluding steroid dienone is 8. The first-order valence-corrected chi connectivity index (χ1v) is 5.55. The topological polar surface area (TPSA) is 0 Å². The van der Waals surface area contributed by atoms with Gasteiger partial charge in [-0.15, -0.1) is 0 Å². The molecule has 0 bridgehead atoms.